The highest BCUT2D eigenvalue weighted by molar-refractivity contribution is 6.07. The van der Waals surface area contributed by atoms with Gasteiger partial charge in [-0.05, 0) is 24.5 Å². The van der Waals surface area contributed by atoms with Crippen molar-refractivity contribution in [3.63, 3.8) is 0 Å². The average Bonchev–Trinajstić information content (AvgIpc) is 2.50. The van der Waals surface area contributed by atoms with Crippen LogP contribution in [0.15, 0.2) is 40.3 Å². The minimum Gasteiger partial charge on any atom is -0.292 e. The summed E-state index contributed by atoms with van der Waals surface area (Å²) in [5.74, 6) is 0.454. The molecule has 0 saturated carbocycles. The molecule has 2 rings (SSSR count). The molecule has 0 radical (unpaired) electrons. The van der Waals surface area contributed by atoms with E-state index in [1.807, 2.05) is 7.05 Å². The highest BCUT2D eigenvalue weighted by Crippen LogP contribution is 2.36. The first-order valence-electron chi connectivity index (χ1n) is 8.28. The fourth-order valence-electron chi connectivity index (χ4n) is 3.14. The van der Waals surface area contributed by atoms with E-state index in [1.54, 1.807) is 0 Å². The van der Waals surface area contributed by atoms with Gasteiger partial charge in [0.15, 0.2) is 0 Å². The third-order valence-electron chi connectivity index (χ3n) is 4.33. The number of hydrogen-bond donors (Lipinski definition) is 0. The predicted octanol–water partition coefficient (Wildman–Crippen LogP) is 5.50. The fourth-order valence-corrected chi connectivity index (χ4v) is 3.14. The van der Waals surface area contributed by atoms with Crippen LogP contribution in [-0.4, -0.2) is 18.5 Å². The monoisotopic (exact) mass is 296 g/mol. The maximum atomic E-state index is 4.99. The number of hydrogen-bond acceptors (Lipinski definition) is 2. The van der Waals surface area contributed by atoms with E-state index in [0.717, 1.165) is 24.3 Å². The minimum absolute atomic E-state index is 0.0280. The quantitative estimate of drug-likeness (QED) is 0.658. The van der Waals surface area contributed by atoms with Crippen molar-refractivity contribution < 1.29 is 0 Å². The summed E-state index contributed by atoms with van der Waals surface area (Å²) in [6, 6.07) is 8.68. The van der Waals surface area contributed by atoms with E-state index in [-0.39, 0.29) is 5.41 Å². The van der Waals surface area contributed by atoms with Crippen LogP contribution in [0.1, 0.15) is 64.5 Å². The van der Waals surface area contributed by atoms with Gasteiger partial charge in [0.05, 0.1) is 5.70 Å². The van der Waals surface area contributed by atoms with Gasteiger partial charge in [-0.3, -0.25) is 9.98 Å². The topological polar surface area (TPSA) is 24.7 Å². The lowest BCUT2D eigenvalue weighted by Gasteiger charge is -2.27. The molecule has 2 heteroatoms. The van der Waals surface area contributed by atoms with Gasteiger partial charge in [-0.2, -0.15) is 0 Å². The summed E-state index contributed by atoms with van der Waals surface area (Å²) in [6.07, 6.45) is 4.27. The number of nitrogens with zero attached hydrogens (tertiary/aromatic N) is 2. The Morgan fingerprint density at radius 3 is 2.45 bits per heavy atom. The Morgan fingerprint density at radius 1 is 1.23 bits per heavy atom. The Morgan fingerprint density at radius 2 is 1.91 bits per heavy atom. The second kappa shape index (κ2) is 6.60. The van der Waals surface area contributed by atoms with Gasteiger partial charge < -0.3 is 0 Å². The lowest BCUT2D eigenvalue weighted by molar-refractivity contribution is 0.593. The average molecular weight is 296 g/mol. The SMILES string of the molecule is CCC1=N/C(=C\C(=NC)C(C)(C)C)c2ccccc2[C@H]1CC. The standard InChI is InChI=1S/C20H28N2/c1-7-14-15-11-9-10-12-16(15)18(22-17(14)8-2)13-19(21-6)20(3,4)5/h9-14H,7-8H2,1-6H3/b18-13-,21-19?/t14-/m1/s1. The second-order valence-electron chi connectivity index (χ2n) is 6.89. The van der Waals surface area contributed by atoms with Crippen LogP contribution in [0.4, 0.5) is 0 Å². The van der Waals surface area contributed by atoms with Crippen LogP contribution in [0, 0.1) is 5.41 Å². The largest absolute Gasteiger partial charge is 0.292 e. The van der Waals surface area contributed by atoms with Crippen molar-refractivity contribution in [2.45, 2.75) is 53.4 Å². The maximum Gasteiger partial charge on any atom is 0.0722 e. The van der Waals surface area contributed by atoms with Gasteiger partial charge >= 0.3 is 0 Å². The normalized spacial score (nSPS) is 20.8. The first kappa shape index (κ1) is 16.7. The molecule has 0 unspecified atom stereocenters. The zero-order chi connectivity index (χ0) is 16.3. The summed E-state index contributed by atoms with van der Waals surface area (Å²) >= 11 is 0. The van der Waals surface area contributed by atoms with Crippen molar-refractivity contribution in [2.75, 3.05) is 7.05 Å². The van der Waals surface area contributed by atoms with Crippen molar-refractivity contribution in [3.05, 3.63) is 41.5 Å². The van der Waals surface area contributed by atoms with Gasteiger partial charge in [0.1, 0.15) is 0 Å². The summed E-state index contributed by atoms with van der Waals surface area (Å²) in [5.41, 5.74) is 6.14. The molecule has 1 aromatic rings. The molecule has 1 atom stereocenters. The summed E-state index contributed by atoms with van der Waals surface area (Å²) in [5, 5.41) is 0. The number of allylic oxidation sites excluding steroid dienone is 1. The summed E-state index contributed by atoms with van der Waals surface area (Å²) in [6.45, 7) is 11.0. The number of fused-ring (bicyclic) bond motifs is 1. The van der Waals surface area contributed by atoms with Crippen molar-refractivity contribution >= 4 is 17.1 Å². The molecule has 2 nitrogen and oxygen atoms in total. The van der Waals surface area contributed by atoms with E-state index < -0.39 is 0 Å². The smallest absolute Gasteiger partial charge is 0.0722 e. The second-order valence-corrected chi connectivity index (χ2v) is 6.89. The Hall–Kier alpha value is -1.70. The summed E-state index contributed by atoms with van der Waals surface area (Å²) in [7, 11) is 1.87. The molecule has 22 heavy (non-hydrogen) atoms. The molecule has 0 aliphatic carbocycles. The molecule has 1 aromatic carbocycles. The van der Waals surface area contributed by atoms with E-state index in [1.165, 1.54) is 16.8 Å². The van der Waals surface area contributed by atoms with Crippen molar-refractivity contribution in [2.24, 2.45) is 15.4 Å². The van der Waals surface area contributed by atoms with Crippen LogP contribution in [0.3, 0.4) is 0 Å². The lowest BCUT2D eigenvalue weighted by atomic mass is 9.82. The van der Waals surface area contributed by atoms with Crippen LogP contribution in [0.5, 0.6) is 0 Å². The Bertz CT molecular complexity index is 627. The first-order chi connectivity index (χ1) is 10.4. The Labute approximate surface area is 135 Å². The molecule has 0 fully saturated rings. The Kier molecular flexibility index (Phi) is 5.00. The number of aliphatic imine (C=N–C) groups is 2. The highest BCUT2D eigenvalue weighted by atomic mass is 14.8. The van der Waals surface area contributed by atoms with Gasteiger partial charge in [-0.25, -0.2) is 0 Å². The molecule has 0 aromatic heterocycles. The van der Waals surface area contributed by atoms with Crippen LogP contribution >= 0.6 is 0 Å². The van der Waals surface area contributed by atoms with Gasteiger partial charge in [-0.15, -0.1) is 0 Å². The molecule has 0 spiro atoms. The molecule has 1 aliphatic rings. The van der Waals surface area contributed by atoms with Crippen LogP contribution < -0.4 is 0 Å². The van der Waals surface area contributed by atoms with E-state index in [9.17, 15) is 0 Å². The number of rotatable bonds is 3. The minimum atomic E-state index is 0.0280. The molecule has 0 N–H and O–H groups in total. The third-order valence-corrected chi connectivity index (χ3v) is 4.33. The molecule has 1 heterocycles. The summed E-state index contributed by atoms with van der Waals surface area (Å²) < 4.78 is 0. The highest BCUT2D eigenvalue weighted by Gasteiger charge is 2.26. The molecule has 0 bridgehead atoms. The molecular weight excluding hydrogens is 268 g/mol. The molecular formula is C20H28N2. The molecule has 1 aliphatic heterocycles. The zero-order valence-electron chi connectivity index (χ0n) is 14.8. The lowest BCUT2D eigenvalue weighted by Crippen LogP contribution is -2.21. The molecule has 118 valence electrons. The van der Waals surface area contributed by atoms with E-state index in [4.69, 9.17) is 4.99 Å². The van der Waals surface area contributed by atoms with Crippen molar-refractivity contribution in [1.82, 2.24) is 0 Å². The van der Waals surface area contributed by atoms with E-state index >= 15 is 0 Å². The Balaban J connectivity index is 2.61. The van der Waals surface area contributed by atoms with Crippen molar-refractivity contribution in [1.29, 1.82) is 0 Å². The molecule has 0 amide bonds. The van der Waals surface area contributed by atoms with Crippen LogP contribution in [0.2, 0.25) is 0 Å². The van der Waals surface area contributed by atoms with Gasteiger partial charge in [-0.1, -0.05) is 58.9 Å². The first-order valence-corrected chi connectivity index (χ1v) is 8.28. The van der Waals surface area contributed by atoms with Crippen LogP contribution in [-0.2, 0) is 0 Å². The van der Waals surface area contributed by atoms with Gasteiger partial charge in [0, 0.05) is 35.4 Å². The van der Waals surface area contributed by atoms with Gasteiger partial charge in [0.25, 0.3) is 0 Å². The van der Waals surface area contributed by atoms with E-state index in [0.29, 0.717) is 5.92 Å². The summed E-state index contributed by atoms with van der Waals surface area (Å²) in [4.78, 5) is 9.48. The van der Waals surface area contributed by atoms with E-state index in [2.05, 4.69) is 70.0 Å². The zero-order valence-corrected chi connectivity index (χ0v) is 14.8. The van der Waals surface area contributed by atoms with Gasteiger partial charge in [0.2, 0.25) is 0 Å². The van der Waals surface area contributed by atoms with Crippen molar-refractivity contribution in [3.8, 4) is 0 Å². The fraction of sp³-hybridized carbons (Fsp3) is 0.500. The van der Waals surface area contributed by atoms with Crippen LogP contribution in [0.25, 0.3) is 5.70 Å². The molecule has 0 saturated heterocycles. The number of benzene rings is 1. The maximum absolute atomic E-state index is 4.99. The third kappa shape index (κ3) is 3.21. The predicted molar refractivity (Wildman–Crippen MR) is 98.0 cm³/mol.